The number of hydrogen-bond donors (Lipinski definition) is 2. The highest BCUT2D eigenvalue weighted by Gasteiger charge is 2.25. The molecule has 0 spiro atoms. The van der Waals surface area contributed by atoms with Crippen LogP contribution in [-0.2, 0) is 4.79 Å². The Kier molecular flexibility index (Phi) is 7.22. The van der Waals surface area contributed by atoms with Crippen LogP contribution in [0.5, 0.6) is 0 Å². The van der Waals surface area contributed by atoms with Gasteiger partial charge >= 0.3 is 0 Å². The van der Waals surface area contributed by atoms with E-state index in [1.807, 2.05) is 44.2 Å². The van der Waals surface area contributed by atoms with E-state index in [0.29, 0.717) is 13.1 Å². The Morgan fingerprint density at radius 2 is 1.68 bits per heavy atom. The summed E-state index contributed by atoms with van der Waals surface area (Å²) in [7, 11) is 0. The van der Waals surface area contributed by atoms with Crippen molar-refractivity contribution in [1.29, 1.82) is 0 Å². The molecule has 6 nitrogen and oxygen atoms in total. The minimum atomic E-state index is -0.336. The maximum Gasteiger partial charge on any atom is 0.287 e. The van der Waals surface area contributed by atoms with Gasteiger partial charge in [0.15, 0.2) is 5.76 Å². The molecule has 1 atom stereocenters. The second-order valence-corrected chi connectivity index (χ2v) is 5.56. The van der Waals surface area contributed by atoms with Gasteiger partial charge in [-0.15, -0.1) is 0 Å². The number of likely N-dealkylation sites (N-methyl/N-ethyl adjacent to an activating group) is 1. The third-order valence-corrected chi connectivity index (χ3v) is 4.00. The van der Waals surface area contributed by atoms with Gasteiger partial charge in [0, 0.05) is 13.1 Å². The van der Waals surface area contributed by atoms with Crippen LogP contribution in [0.2, 0.25) is 0 Å². The van der Waals surface area contributed by atoms with E-state index in [2.05, 4.69) is 15.5 Å². The lowest BCUT2D eigenvalue weighted by Gasteiger charge is -2.29. The van der Waals surface area contributed by atoms with Crippen LogP contribution in [0.4, 0.5) is 0 Å². The van der Waals surface area contributed by atoms with Crippen LogP contribution in [0.25, 0.3) is 0 Å². The molecule has 0 saturated heterocycles. The molecule has 0 unspecified atom stereocenters. The zero-order valence-corrected chi connectivity index (χ0v) is 14.7. The van der Waals surface area contributed by atoms with Gasteiger partial charge in [0.25, 0.3) is 5.91 Å². The molecule has 2 aromatic rings. The maximum atomic E-state index is 12.7. The minimum absolute atomic E-state index is 0.0675. The molecule has 0 fully saturated rings. The number of carbonyl (C=O) groups excluding carboxylic acids is 2. The highest BCUT2D eigenvalue weighted by molar-refractivity contribution is 5.91. The van der Waals surface area contributed by atoms with Gasteiger partial charge in [0.1, 0.15) is 6.04 Å². The Labute approximate surface area is 148 Å². The highest BCUT2D eigenvalue weighted by Crippen LogP contribution is 2.20. The molecule has 1 heterocycles. The Balaban J connectivity index is 1.90. The predicted octanol–water partition coefficient (Wildman–Crippen LogP) is 2.21. The Morgan fingerprint density at radius 1 is 1.00 bits per heavy atom. The summed E-state index contributed by atoms with van der Waals surface area (Å²) >= 11 is 0. The van der Waals surface area contributed by atoms with E-state index in [9.17, 15) is 9.59 Å². The van der Waals surface area contributed by atoms with Gasteiger partial charge in [-0.2, -0.15) is 0 Å². The van der Waals surface area contributed by atoms with Crippen molar-refractivity contribution in [1.82, 2.24) is 15.5 Å². The SMILES string of the molecule is CCN(CC)[C@H](C(=O)NCCNC(=O)c1ccco1)c1ccccc1. The fraction of sp³-hybridized carbons (Fsp3) is 0.368. The van der Waals surface area contributed by atoms with Gasteiger partial charge in [-0.1, -0.05) is 44.2 Å². The first-order valence-electron chi connectivity index (χ1n) is 8.55. The zero-order valence-electron chi connectivity index (χ0n) is 14.7. The third-order valence-electron chi connectivity index (χ3n) is 4.00. The van der Waals surface area contributed by atoms with Gasteiger partial charge in [0.2, 0.25) is 5.91 Å². The van der Waals surface area contributed by atoms with Gasteiger partial charge in [0.05, 0.1) is 6.26 Å². The molecule has 2 rings (SSSR count). The van der Waals surface area contributed by atoms with Gasteiger partial charge < -0.3 is 15.1 Å². The lowest BCUT2D eigenvalue weighted by molar-refractivity contribution is -0.126. The average molecular weight is 343 g/mol. The molecule has 0 saturated carbocycles. The van der Waals surface area contributed by atoms with Crippen LogP contribution >= 0.6 is 0 Å². The summed E-state index contributed by atoms with van der Waals surface area (Å²) in [5, 5.41) is 5.62. The summed E-state index contributed by atoms with van der Waals surface area (Å²) in [6.07, 6.45) is 1.45. The van der Waals surface area contributed by atoms with Gasteiger partial charge in [-0.3, -0.25) is 14.5 Å². The number of carbonyl (C=O) groups is 2. The van der Waals surface area contributed by atoms with Gasteiger partial charge in [-0.25, -0.2) is 0 Å². The Morgan fingerprint density at radius 3 is 2.28 bits per heavy atom. The fourth-order valence-corrected chi connectivity index (χ4v) is 2.71. The number of nitrogens with zero attached hydrogens (tertiary/aromatic N) is 1. The van der Waals surface area contributed by atoms with Crippen LogP contribution < -0.4 is 10.6 Å². The van der Waals surface area contributed by atoms with Crippen molar-refractivity contribution >= 4 is 11.8 Å². The number of nitrogens with one attached hydrogen (secondary N) is 2. The first kappa shape index (κ1) is 18.7. The molecule has 6 heteroatoms. The molecule has 1 aromatic heterocycles. The van der Waals surface area contributed by atoms with Crippen LogP contribution in [0, 0.1) is 0 Å². The second-order valence-electron chi connectivity index (χ2n) is 5.56. The van der Waals surface area contributed by atoms with E-state index in [4.69, 9.17) is 4.42 Å². The topological polar surface area (TPSA) is 74.6 Å². The normalized spacial score (nSPS) is 12.0. The molecule has 2 amide bonds. The molecule has 134 valence electrons. The van der Waals surface area contributed by atoms with Crippen molar-refractivity contribution in [3.8, 4) is 0 Å². The van der Waals surface area contributed by atoms with Crippen molar-refractivity contribution < 1.29 is 14.0 Å². The maximum absolute atomic E-state index is 12.7. The average Bonchev–Trinajstić information content (AvgIpc) is 3.18. The number of furan rings is 1. The molecule has 0 aliphatic heterocycles. The fourth-order valence-electron chi connectivity index (χ4n) is 2.71. The van der Waals surface area contributed by atoms with Gasteiger partial charge in [-0.05, 0) is 30.8 Å². The van der Waals surface area contributed by atoms with Crippen molar-refractivity contribution in [2.24, 2.45) is 0 Å². The minimum Gasteiger partial charge on any atom is -0.459 e. The van der Waals surface area contributed by atoms with Crippen LogP contribution in [0.3, 0.4) is 0 Å². The molecular weight excluding hydrogens is 318 g/mol. The van der Waals surface area contributed by atoms with E-state index in [0.717, 1.165) is 18.7 Å². The third kappa shape index (κ3) is 5.19. The monoisotopic (exact) mass is 343 g/mol. The van der Waals surface area contributed by atoms with E-state index in [1.165, 1.54) is 6.26 Å². The van der Waals surface area contributed by atoms with Crippen molar-refractivity contribution in [2.45, 2.75) is 19.9 Å². The van der Waals surface area contributed by atoms with E-state index in [-0.39, 0.29) is 23.6 Å². The molecule has 0 aliphatic carbocycles. The molecule has 0 bridgehead atoms. The van der Waals surface area contributed by atoms with Crippen LogP contribution in [-0.4, -0.2) is 42.9 Å². The predicted molar refractivity (Wildman–Crippen MR) is 96.2 cm³/mol. The van der Waals surface area contributed by atoms with E-state index in [1.54, 1.807) is 12.1 Å². The lowest BCUT2D eigenvalue weighted by atomic mass is 10.0. The van der Waals surface area contributed by atoms with Crippen LogP contribution in [0.15, 0.2) is 53.1 Å². The Hall–Kier alpha value is -2.60. The first-order valence-corrected chi connectivity index (χ1v) is 8.55. The van der Waals surface area contributed by atoms with E-state index >= 15 is 0 Å². The summed E-state index contributed by atoms with van der Waals surface area (Å²) in [4.78, 5) is 26.6. The van der Waals surface area contributed by atoms with Crippen LogP contribution in [0.1, 0.15) is 36.0 Å². The molecule has 1 aromatic carbocycles. The summed E-state index contributed by atoms with van der Waals surface area (Å²) < 4.78 is 5.02. The number of benzene rings is 1. The summed E-state index contributed by atoms with van der Waals surface area (Å²) in [5.41, 5.74) is 0.961. The molecular formula is C19H25N3O3. The van der Waals surface area contributed by atoms with Crippen molar-refractivity contribution in [3.05, 3.63) is 60.1 Å². The first-order chi connectivity index (χ1) is 12.2. The standard InChI is InChI=1S/C19H25N3O3/c1-3-22(4-2)17(15-9-6-5-7-10-15)19(24)21-13-12-20-18(23)16-11-8-14-25-16/h5-11,14,17H,3-4,12-13H2,1-2H3,(H,20,23)(H,21,24)/t17-/m0/s1. The summed E-state index contributed by atoms with van der Waals surface area (Å²) in [5.74, 6) is -0.0959. The van der Waals surface area contributed by atoms with E-state index < -0.39 is 0 Å². The molecule has 25 heavy (non-hydrogen) atoms. The molecule has 0 radical (unpaired) electrons. The largest absolute Gasteiger partial charge is 0.459 e. The van der Waals surface area contributed by atoms with Crippen molar-refractivity contribution in [2.75, 3.05) is 26.2 Å². The summed E-state index contributed by atoms with van der Waals surface area (Å²) in [6, 6.07) is 12.6. The molecule has 0 aliphatic rings. The molecule has 2 N–H and O–H groups in total. The Bertz CT molecular complexity index is 652. The van der Waals surface area contributed by atoms with Crippen molar-refractivity contribution in [3.63, 3.8) is 0 Å². The summed E-state index contributed by atoms with van der Waals surface area (Å²) in [6.45, 7) is 6.32. The number of rotatable bonds is 9. The second kappa shape index (κ2) is 9.64. The highest BCUT2D eigenvalue weighted by atomic mass is 16.3. The number of hydrogen-bond acceptors (Lipinski definition) is 4. The number of amides is 2. The smallest absolute Gasteiger partial charge is 0.287 e. The lowest BCUT2D eigenvalue weighted by Crippen LogP contribution is -2.43. The quantitative estimate of drug-likeness (QED) is 0.685. The zero-order chi connectivity index (χ0) is 18.1.